The van der Waals surface area contributed by atoms with Gasteiger partial charge in [-0.05, 0) is 41.3 Å². The van der Waals surface area contributed by atoms with Crippen molar-refractivity contribution in [1.82, 2.24) is 4.90 Å². The summed E-state index contributed by atoms with van der Waals surface area (Å²) in [6.07, 6.45) is 2.76. The molecule has 0 unspecified atom stereocenters. The molecular formula is C21H18N2O3S2. The molecule has 2 aromatic rings. The molecule has 0 radical (unpaired) electrons. The van der Waals surface area contributed by atoms with Crippen molar-refractivity contribution in [3.63, 3.8) is 0 Å². The van der Waals surface area contributed by atoms with Crippen LogP contribution in [0.1, 0.15) is 16.7 Å². The zero-order valence-electron chi connectivity index (χ0n) is 15.0. The number of amides is 1. The Morgan fingerprint density at radius 2 is 2.00 bits per heavy atom. The number of carbonyl (C=O) groups excluding carboxylic acids is 1. The normalized spacial score (nSPS) is 17.5. The Morgan fingerprint density at radius 3 is 2.75 bits per heavy atom. The molecule has 1 fully saturated rings. The van der Waals surface area contributed by atoms with Crippen molar-refractivity contribution in [2.75, 3.05) is 18.0 Å². The topological polar surface area (TPSA) is 60.9 Å². The van der Waals surface area contributed by atoms with Gasteiger partial charge in [0.15, 0.2) is 0 Å². The standard InChI is InChI=1S/C21H18N2O3S2/c24-19(25)13-23-20(26)18(28-21(23)27)11-15-6-7-17-16(10-15)8-9-22(17)12-14-4-2-1-3-5-14/h1-7,10-11H,8-9,12-13H2,(H,24,25)/b18-11+. The molecule has 0 saturated carbocycles. The van der Waals surface area contributed by atoms with E-state index in [0.29, 0.717) is 4.91 Å². The highest BCUT2D eigenvalue weighted by Crippen LogP contribution is 2.34. The van der Waals surface area contributed by atoms with Gasteiger partial charge in [0.05, 0.1) is 4.91 Å². The Balaban J connectivity index is 1.52. The summed E-state index contributed by atoms with van der Waals surface area (Å²) in [5.74, 6) is -1.42. The number of thioether (sulfide) groups is 1. The van der Waals surface area contributed by atoms with Gasteiger partial charge in [-0.3, -0.25) is 14.5 Å². The van der Waals surface area contributed by atoms with Gasteiger partial charge >= 0.3 is 5.97 Å². The maximum atomic E-state index is 12.4. The molecule has 142 valence electrons. The lowest BCUT2D eigenvalue weighted by molar-refractivity contribution is -0.140. The Morgan fingerprint density at radius 1 is 1.21 bits per heavy atom. The van der Waals surface area contributed by atoms with E-state index in [1.165, 1.54) is 16.8 Å². The van der Waals surface area contributed by atoms with E-state index in [0.717, 1.165) is 41.7 Å². The third kappa shape index (κ3) is 3.81. The van der Waals surface area contributed by atoms with Gasteiger partial charge in [-0.1, -0.05) is 60.4 Å². The van der Waals surface area contributed by atoms with Crippen LogP contribution in [0.25, 0.3) is 6.08 Å². The minimum absolute atomic E-state index is 0.286. The quantitative estimate of drug-likeness (QED) is 0.601. The average molecular weight is 411 g/mol. The van der Waals surface area contributed by atoms with Crippen LogP contribution in [0, 0.1) is 0 Å². The Hall–Kier alpha value is -2.64. The van der Waals surface area contributed by atoms with Crippen LogP contribution in [0.2, 0.25) is 0 Å². The van der Waals surface area contributed by atoms with Crippen molar-refractivity contribution >= 4 is 51.9 Å². The summed E-state index contributed by atoms with van der Waals surface area (Å²) in [5, 5.41) is 8.93. The summed E-state index contributed by atoms with van der Waals surface area (Å²) < 4.78 is 0.286. The predicted molar refractivity (Wildman–Crippen MR) is 115 cm³/mol. The lowest BCUT2D eigenvalue weighted by atomic mass is 10.1. The number of fused-ring (bicyclic) bond motifs is 1. The molecule has 1 amide bonds. The van der Waals surface area contributed by atoms with Crippen LogP contribution in [-0.2, 0) is 22.6 Å². The van der Waals surface area contributed by atoms with Crippen LogP contribution in [0.15, 0.2) is 53.4 Å². The number of anilines is 1. The number of carboxylic acids is 1. The number of hydrogen-bond donors (Lipinski definition) is 1. The van der Waals surface area contributed by atoms with Crippen LogP contribution in [0.4, 0.5) is 5.69 Å². The molecule has 4 rings (SSSR count). The van der Waals surface area contributed by atoms with Gasteiger partial charge in [0.1, 0.15) is 10.9 Å². The molecule has 5 nitrogen and oxygen atoms in total. The van der Waals surface area contributed by atoms with Gasteiger partial charge in [-0.25, -0.2) is 0 Å². The van der Waals surface area contributed by atoms with Crippen molar-refractivity contribution in [2.24, 2.45) is 0 Å². The van der Waals surface area contributed by atoms with Crippen LogP contribution < -0.4 is 4.90 Å². The summed E-state index contributed by atoms with van der Waals surface area (Å²) in [6.45, 7) is 1.44. The highest BCUT2D eigenvalue weighted by molar-refractivity contribution is 8.26. The lowest BCUT2D eigenvalue weighted by Crippen LogP contribution is -2.33. The number of carbonyl (C=O) groups is 2. The van der Waals surface area contributed by atoms with Gasteiger partial charge in [0, 0.05) is 18.8 Å². The van der Waals surface area contributed by atoms with Gasteiger partial charge in [0.25, 0.3) is 5.91 Å². The monoisotopic (exact) mass is 410 g/mol. The fourth-order valence-electron chi connectivity index (χ4n) is 3.47. The molecule has 1 saturated heterocycles. The Bertz CT molecular complexity index is 988. The second-order valence-electron chi connectivity index (χ2n) is 6.71. The van der Waals surface area contributed by atoms with Gasteiger partial charge in [0.2, 0.25) is 0 Å². The van der Waals surface area contributed by atoms with Crippen molar-refractivity contribution in [2.45, 2.75) is 13.0 Å². The molecule has 0 aliphatic carbocycles. The zero-order valence-corrected chi connectivity index (χ0v) is 16.6. The smallest absolute Gasteiger partial charge is 0.323 e. The summed E-state index contributed by atoms with van der Waals surface area (Å²) in [4.78, 5) is 27.3. The van der Waals surface area contributed by atoms with Crippen molar-refractivity contribution in [3.05, 3.63) is 70.1 Å². The molecule has 0 aromatic heterocycles. The maximum absolute atomic E-state index is 12.4. The SMILES string of the molecule is O=C(O)CN1C(=O)/C(=C\c2ccc3c(c2)CCN3Cc2ccccc2)SC1=S. The third-order valence-corrected chi connectivity index (χ3v) is 6.15. The molecular weight excluding hydrogens is 392 g/mol. The lowest BCUT2D eigenvalue weighted by Gasteiger charge is -2.19. The van der Waals surface area contributed by atoms with Crippen LogP contribution in [-0.4, -0.2) is 39.3 Å². The van der Waals surface area contributed by atoms with Gasteiger partial charge in [-0.2, -0.15) is 0 Å². The largest absolute Gasteiger partial charge is 0.480 e. The van der Waals surface area contributed by atoms with Crippen molar-refractivity contribution in [3.8, 4) is 0 Å². The first-order valence-corrected chi connectivity index (χ1v) is 10.1. The molecule has 28 heavy (non-hydrogen) atoms. The first kappa shape index (κ1) is 18.7. The maximum Gasteiger partial charge on any atom is 0.323 e. The number of benzene rings is 2. The van der Waals surface area contributed by atoms with E-state index < -0.39 is 12.5 Å². The van der Waals surface area contributed by atoms with Crippen LogP contribution in [0.5, 0.6) is 0 Å². The molecule has 2 aromatic carbocycles. The summed E-state index contributed by atoms with van der Waals surface area (Å²) >= 11 is 6.29. The molecule has 2 aliphatic heterocycles. The molecule has 0 atom stereocenters. The number of aliphatic carboxylic acids is 1. The predicted octanol–water partition coefficient (Wildman–Crippen LogP) is 3.54. The highest BCUT2D eigenvalue weighted by atomic mass is 32.2. The fraction of sp³-hybridized carbons (Fsp3) is 0.190. The number of thiocarbonyl (C=S) groups is 1. The summed E-state index contributed by atoms with van der Waals surface area (Å²) in [7, 11) is 0. The van der Waals surface area contributed by atoms with E-state index in [-0.39, 0.29) is 10.2 Å². The average Bonchev–Trinajstić information content (AvgIpc) is 3.18. The molecule has 0 spiro atoms. The number of hydrogen-bond acceptors (Lipinski definition) is 5. The van der Waals surface area contributed by atoms with Crippen molar-refractivity contribution < 1.29 is 14.7 Å². The van der Waals surface area contributed by atoms with Crippen LogP contribution >= 0.6 is 24.0 Å². The van der Waals surface area contributed by atoms with E-state index in [4.69, 9.17) is 17.3 Å². The van der Waals surface area contributed by atoms with Crippen LogP contribution in [0.3, 0.4) is 0 Å². The summed E-state index contributed by atoms with van der Waals surface area (Å²) in [5.41, 5.74) is 4.68. The van der Waals surface area contributed by atoms with E-state index >= 15 is 0 Å². The second-order valence-corrected chi connectivity index (χ2v) is 8.38. The molecule has 2 aliphatic rings. The summed E-state index contributed by atoms with van der Waals surface area (Å²) in [6, 6.07) is 16.6. The number of nitrogens with zero attached hydrogens (tertiary/aromatic N) is 2. The van der Waals surface area contributed by atoms with Gasteiger partial charge in [-0.15, -0.1) is 0 Å². The van der Waals surface area contributed by atoms with E-state index in [2.05, 4.69) is 41.3 Å². The minimum Gasteiger partial charge on any atom is -0.480 e. The Kier molecular flexibility index (Phi) is 5.19. The molecule has 1 N–H and O–H groups in total. The molecule has 7 heteroatoms. The second kappa shape index (κ2) is 7.77. The zero-order chi connectivity index (χ0) is 19.7. The minimum atomic E-state index is -1.08. The first-order valence-electron chi connectivity index (χ1n) is 8.90. The van der Waals surface area contributed by atoms with Gasteiger partial charge < -0.3 is 10.0 Å². The molecule has 2 heterocycles. The first-order chi connectivity index (χ1) is 13.5. The fourth-order valence-corrected chi connectivity index (χ4v) is 4.73. The van der Waals surface area contributed by atoms with Crippen molar-refractivity contribution in [1.29, 1.82) is 0 Å². The van der Waals surface area contributed by atoms with E-state index in [1.807, 2.05) is 12.1 Å². The number of rotatable bonds is 5. The third-order valence-electron chi connectivity index (χ3n) is 4.78. The van der Waals surface area contributed by atoms with E-state index in [9.17, 15) is 9.59 Å². The van der Waals surface area contributed by atoms with E-state index in [1.54, 1.807) is 6.08 Å². The number of carboxylic acid groups (broad SMARTS) is 1. The Labute approximate surface area is 172 Å². The molecule has 0 bridgehead atoms. The highest BCUT2D eigenvalue weighted by Gasteiger charge is 2.33.